The van der Waals surface area contributed by atoms with Crippen molar-refractivity contribution in [1.82, 2.24) is 0 Å². The predicted molar refractivity (Wildman–Crippen MR) is 50.0 cm³/mol. The van der Waals surface area contributed by atoms with E-state index in [4.69, 9.17) is 20.5 Å². The second-order valence-electron chi connectivity index (χ2n) is 2.61. The van der Waals surface area contributed by atoms with Gasteiger partial charge in [0.15, 0.2) is 0 Å². The molecule has 15 heavy (non-hydrogen) atoms. The van der Waals surface area contributed by atoms with E-state index < -0.39 is 28.1 Å². The van der Waals surface area contributed by atoms with E-state index in [9.17, 15) is 18.0 Å². The van der Waals surface area contributed by atoms with Crippen LogP contribution in [0.4, 0.5) is 0 Å². The van der Waals surface area contributed by atoms with Gasteiger partial charge in [-0.15, -0.1) is 0 Å². The van der Waals surface area contributed by atoms with Gasteiger partial charge in [-0.3, -0.25) is 14.1 Å². The quantitative estimate of drug-likeness (QED) is 0.447. The molecule has 0 aromatic rings. The molecular formula is C6H13NO7S. The van der Waals surface area contributed by atoms with E-state index in [1.165, 1.54) is 0 Å². The number of hydrogen-bond donors (Lipinski definition) is 4. The molecule has 0 rings (SSSR count). The monoisotopic (exact) mass is 243 g/mol. The maximum atomic E-state index is 9.99. The fraction of sp³-hybridized carbons (Fsp3) is 0.667. The number of rotatable bonds is 4. The zero-order valence-electron chi connectivity index (χ0n) is 7.95. The standard InChI is InChI=1S/C5H9NO4.CH4O3S/c6-3(5(9)10)1-2-4(7)8;1-5(2,3)4/h3H,1-2,6H2,(H,7,8)(H,9,10);1H3,(H,2,3,4)/t3-;/m0./s1. The van der Waals surface area contributed by atoms with Crippen LogP contribution in [-0.4, -0.2) is 47.4 Å². The van der Waals surface area contributed by atoms with Crippen LogP contribution < -0.4 is 5.73 Å². The second-order valence-corrected chi connectivity index (χ2v) is 4.08. The second kappa shape index (κ2) is 7.15. The smallest absolute Gasteiger partial charge is 0.320 e. The highest BCUT2D eigenvalue weighted by Crippen LogP contribution is 1.93. The van der Waals surface area contributed by atoms with E-state index in [-0.39, 0.29) is 12.8 Å². The summed E-state index contributed by atoms with van der Waals surface area (Å²) in [5, 5.41) is 16.3. The molecule has 0 heterocycles. The molecule has 0 radical (unpaired) electrons. The van der Waals surface area contributed by atoms with Gasteiger partial charge >= 0.3 is 11.9 Å². The average molecular weight is 243 g/mol. The van der Waals surface area contributed by atoms with Gasteiger partial charge in [-0.25, -0.2) is 0 Å². The molecule has 0 spiro atoms. The molecule has 0 aliphatic carbocycles. The Morgan fingerprint density at radius 2 is 1.67 bits per heavy atom. The molecule has 0 bridgehead atoms. The minimum atomic E-state index is -3.67. The number of carboxylic acid groups (broad SMARTS) is 2. The first-order chi connectivity index (χ1) is 6.54. The number of hydrogen-bond acceptors (Lipinski definition) is 5. The lowest BCUT2D eigenvalue weighted by Crippen LogP contribution is -2.30. The van der Waals surface area contributed by atoms with Crippen molar-refractivity contribution in [1.29, 1.82) is 0 Å². The Kier molecular flexibility index (Phi) is 7.74. The third kappa shape index (κ3) is 24.5. The molecule has 9 heteroatoms. The molecule has 0 unspecified atom stereocenters. The zero-order valence-corrected chi connectivity index (χ0v) is 8.77. The Morgan fingerprint density at radius 3 is 1.87 bits per heavy atom. The van der Waals surface area contributed by atoms with Crippen molar-refractivity contribution >= 4 is 22.1 Å². The summed E-state index contributed by atoms with van der Waals surface area (Å²) in [6.07, 6.45) is 0.491. The van der Waals surface area contributed by atoms with Crippen LogP contribution in [0.5, 0.6) is 0 Å². The van der Waals surface area contributed by atoms with Gasteiger partial charge in [-0.2, -0.15) is 8.42 Å². The first kappa shape index (κ1) is 16.2. The first-order valence-electron chi connectivity index (χ1n) is 3.66. The van der Waals surface area contributed by atoms with E-state index in [0.717, 1.165) is 0 Å². The van der Waals surface area contributed by atoms with E-state index in [2.05, 4.69) is 0 Å². The maximum Gasteiger partial charge on any atom is 0.320 e. The van der Waals surface area contributed by atoms with Crippen LogP contribution in [0.3, 0.4) is 0 Å². The SMILES string of the molecule is CS(=O)(=O)O.N[C@@H](CCC(=O)O)C(=O)O. The van der Waals surface area contributed by atoms with E-state index >= 15 is 0 Å². The zero-order chi connectivity index (χ0) is 12.6. The summed E-state index contributed by atoms with van der Waals surface area (Å²) < 4.78 is 25.9. The highest BCUT2D eigenvalue weighted by Gasteiger charge is 2.12. The predicted octanol–water partition coefficient (Wildman–Crippen LogP) is -1.23. The molecule has 0 aromatic heterocycles. The Balaban J connectivity index is 0. The third-order valence-corrected chi connectivity index (χ3v) is 0.986. The fourth-order valence-electron chi connectivity index (χ4n) is 0.402. The van der Waals surface area contributed by atoms with Gasteiger partial charge in [0.2, 0.25) is 0 Å². The summed E-state index contributed by atoms with van der Waals surface area (Å²) >= 11 is 0. The van der Waals surface area contributed by atoms with Gasteiger partial charge in [0, 0.05) is 6.42 Å². The molecule has 0 fully saturated rings. The lowest BCUT2D eigenvalue weighted by molar-refractivity contribution is -0.139. The normalized spacial score (nSPS) is 12.2. The summed E-state index contributed by atoms with van der Waals surface area (Å²) in [6.45, 7) is 0. The van der Waals surface area contributed by atoms with E-state index in [0.29, 0.717) is 6.26 Å². The van der Waals surface area contributed by atoms with E-state index in [1.807, 2.05) is 0 Å². The molecule has 0 amide bonds. The maximum absolute atomic E-state index is 9.99. The van der Waals surface area contributed by atoms with Gasteiger partial charge in [0.05, 0.1) is 6.26 Å². The van der Waals surface area contributed by atoms with Crippen LogP contribution in [0.1, 0.15) is 12.8 Å². The van der Waals surface area contributed by atoms with Gasteiger partial charge in [0.25, 0.3) is 10.1 Å². The minimum Gasteiger partial charge on any atom is -0.481 e. The van der Waals surface area contributed by atoms with Crippen molar-refractivity contribution in [3.05, 3.63) is 0 Å². The van der Waals surface area contributed by atoms with Crippen molar-refractivity contribution in [3.63, 3.8) is 0 Å². The summed E-state index contributed by atoms with van der Waals surface area (Å²) in [5.74, 6) is -2.20. The lowest BCUT2D eigenvalue weighted by Gasteiger charge is -2.01. The number of carboxylic acids is 2. The Bertz CT molecular complexity index is 301. The molecule has 0 saturated carbocycles. The topological polar surface area (TPSA) is 155 Å². The van der Waals surface area contributed by atoms with Crippen molar-refractivity contribution < 1.29 is 32.8 Å². The van der Waals surface area contributed by atoms with Crippen LogP contribution in [0.15, 0.2) is 0 Å². The first-order valence-corrected chi connectivity index (χ1v) is 5.51. The summed E-state index contributed by atoms with van der Waals surface area (Å²) in [7, 11) is -3.67. The summed E-state index contributed by atoms with van der Waals surface area (Å²) in [4.78, 5) is 19.9. The van der Waals surface area contributed by atoms with Crippen molar-refractivity contribution in [2.45, 2.75) is 18.9 Å². The Labute approximate surface area is 86.4 Å². The van der Waals surface area contributed by atoms with Crippen LogP contribution >= 0.6 is 0 Å². The molecule has 1 atom stereocenters. The Morgan fingerprint density at radius 1 is 1.33 bits per heavy atom. The van der Waals surface area contributed by atoms with Crippen LogP contribution in [-0.2, 0) is 19.7 Å². The molecule has 90 valence electrons. The molecule has 5 N–H and O–H groups in total. The van der Waals surface area contributed by atoms with Crippen molar-refractivity contribution in [3.8, 4) is 0 Å². The third-order valence-electron chi connectivity index (χ3n) is 0.986. The van der Waals surface area contributed by atoms with Crippen LogP contribution in [0.2, 0.25) is 0 Å². The summed E-state index contributed by atoms with van der Waals surface area (Å²) in [6, 6.07) is -1.06. The van der Waals surface area contributed by atoms with Crippen LogP contribution in [0, 0.1) is 0 Å². The van der Waals surface area contributed by atoms with Gasteiger partial charge in [0.1, 0.15) is 6.04 Å². The van der Waals surface area contributed by atoms with E-state index in [1.54, 1.807) is 0 Å². The van der Waals surface area contributed by atoms with Gasteiger partial charge in [-0.05, 0) is 6.42 Å². The molecule has 0 saturated heterocycles. The van der Waals surface area contributed by atoms with Crippen molar-refractivity contribution in [2.75, 3.05) is 6.26 Å². The highest BCUT2D eigenvalue weighted by molar-refractivity contribution is 7.85. The average Bonchev–Trinajstić information content (AvgIpc) is 1.96. The number of carbonyl (C=O) groups is 2. The largest absolute Gasteiger partial charge is 0.481 e. The van der Waals surface area contributed by atoms with Gasteiger partial charge < -0.3 is 15.9 Å². The van der Waals surface area contributed by atoms with Crippen molar-refractivity contribution in [2.24, 2.45) is 5.73 Å². The molecule has 0 aliphatic rings. The number of aliphatic carboxylic acids is 2. The van der Waals surface area contributed by atoms with Crippen LogP contribution in [0.25, 0.3) is 0 Å². The summed E-state index contributed by atoms with van der Waals surface area (Å²) in [5.41, 5.74) is 5.00. The molecule has 0 aromatic carbocycles. The minimum absolute atomic E-state index is 0.0231. The highest BCUT2D eigenvalue weighted by atomic mass is 32.2. The fourth-order valence-corrected chi connectivity index (χ4v) is 0.402. The lowest BCUT2D eigenvalue weighted by atomic mass is 10.2. The Hall–Kier alpha value is -1.19. The molecule has 0 aliphatic heterocycles. The molecule has 8 nitrogen and oxygen atoms in total. The molecular weight excluding hydrogens is 230 g/mol. The number of nitrogens with two attached hydrogens (primary N) is 1. The van der Waals surface area contributed by atoms with Gasteiger partial charge in [-0.1, -0.05) is 0 Å².